The van der Waals surface area contributed by atoms with Crippen LogP contribution in [0.15, 0.2) is 28.7 Å². The molecule has 0 aliphatic carbocycles. The van der Waals surface area contributed by atoms with E-state index in [4.69, 9.17) is 16.0 Å². The SMILES string of the molecule is Cc1cc(-c2cc(I)ccc2Cl)c(C)o1. The molecule has 0 spiro atoms. The lowest BCUT2D eigenvalue weighted by Crippen LogP contribution is -1.81. The Morgan fingerprint density at radius 1 is 1.13 bits per heavy atom. The van der Waals surface area contributed by atoms with Crippen molar-refractivity contribution in [2.24, 2.45) is 0 Å². The Kier molecular flexibility index (Phi) is 3.07. The summed E-state index contributed by atoms with van der Waals surface area (Å²) < 4.78 is 6.67. The molecule has 0 unspecified atom stereocenters. The molecule has 0 saturated heterocycles. The van der Waals surface area contributed by atoms with Crippen LogP contribution in [0.1, 0.15) is 11.5 Å². The van der Waals surface area contributed by atoms with E-state index in [2.05, 4.69) is 28.7 Å². The van der Waals surface area contributed by atoms with E-state index in [1.165, 1.54) is 3.57 Å². The average molecular weight is 333 g/mol. The van der Waals surface area contributed by atoms with Crippen LogP contribution in [0.3, 0.4) is 0 Å². The first-order valence-electron chi connectivity index (χ1n) is 4.60. The van der Waals surface area contributed by atoms with Gasteiger partial charge in [0.25, 0.3) is 0 Å². The molecule has 0 bridgehead atoms. The minimum Gasteiger partial charge on any atom is -0.466 e. The average Bonchev–Trinajstić information content (AvgIpc) is 2.50. The highest BCUT2D eigenvalue weighted by Gasteiger charge is 2.10. The summed E-state index contributed by atoms with van der Waals surface area (Å²) in [6.45, 7) is 3.90. The van der Waals surface area contributed by atoms with Gasteiger partial charge in [0, 0.05) is 19.7 Å². The van der Waals surface area contributed by atoms with E-state index in [1.807, 2.05) is 32.0 Å². The Balaban J connectivity index is 2.62. The minimum absolute atomic E-state index is 0.763. The van der Waals surface area contributed by atoms with Crippen LogP contribution in [0.25, 0.3) is 11.1 Å². The summed E-state index contributed by atoms with van der Waals surface area (Å²) in [6.07, 6.45) is 0. The van der Waals surface area contributed by atoms with Crippen LogP contribution in [0.2, 0.25) is 5.02 Å². The van der Waals surface area contributed by atoms with E-state index < -0.39 is 0 Å². The highest BCUT2D eigenvalue weighted by molar-refractivity contribution is 14.1. The molecular formula is C12H10ClIO. The van der Waals surface area contributed by atoms with Crippen molar-refractivity contribution in [3.05, 3.63) is 44.4 Å². The maximum atomic E-state index is 6.17. The van der Waals surface area contributed by atoms with Gasteiger partial charge in [-0.1, -0.05) is 11.6 Å². The Labute approximate surface area is 108 Å². The molecule has 1 aromatic heterocycles. The van der Waals surface area contributed by atoms with Crippen LogP contribution < -0.4 is 0 Å². The molecule has 1 nitrogen and oxygen atoms in total. The first kappa shape index (κ1) is 11.0. The third-order valence-corrected chi connectivity index (χ3v) is 3.26. The second-order valence-electron chi connectivity index (χ2n) is 3.45. The topological polar surface area (TPSA) is 13.1 Å². The molecule has 2 aromatic rings. The molecule has 0 aliphatic rings. The Morgan fingerprint density at radius 3 is 2.47 bits per heavy atom. The normalized spacial score (nSPS) is 10.7. The third-order valence-electron chi connectivity index (χ3n) is 2.26. The molecule has 0 radical (unpaired) electrons. The summed E-state index contributed by atoms with van der Waals surface area (Å²) in [5.74, 6) is 1.83. The van der Waals surface area contributed by atoms with Crippen molar-refractivity contribution in [1.82, 2.24) is 0 Å². The lowest BCUT2D eigenvalue weighted by atomic mass is 10.1. The van der Waals surface area contributed by atoms with Crippen molar-refractivity contribution in [3.63, 3.8) is 0 Å². The fourth-order valence-corrected chi connectivity index (χ4v) is 2.31. The van der Waals surface area contributed by atoms with Crippen LogP contribution in [0, 0.1) is 17.4 Å². The molecule has 0 N–H and O–H groups in total. The number of furan rings is 1. The summed E-state index contributed by atoms with van der Waals surface area (Å²) >= 11 is 8.45. The van der Waals surface area contributed by atoms with E-state index in [0.717, 1.165) is 27.7 Å². The van der Waals surface area contributed by atoms with E-state index in [9.17, 15) is 0 Å². The van der Waals surface area contributed by atoms with Crippen molar-refractivity contribution < 1.29 is 4.42 Å². The fraction of sp³-hybridized carbons (Fsp3) is 0.167. The molecule has 1 aromatic carbocycles. The van der Waals surface area contributed by atoms with Gasteiger partial charge in [-0.15, -0.1) is 0 Å². The monoisotopic (exact) mass is 332 g/mol. The molecule has 0 aliphatic heterocycles. The zero-order chi connectivity index (χ0) is 11.0. The highest BCUT2D eigenvalue weighted by Crippen LogP contribution is 2.33. The van der Waals surface area contributed by atoms with Crippen molar-refractivity contribution >= 4 is 34.2 Å². The standard InChI is InChI=1S/C12H10ClIO/c1-7-5-10(8(2)15-7)11-6-9(14)3-4-12(11)13/h3-6H,1-2H3. The Hall–Kier alpha value is -0.480. The van der Waals surface area contributed by atoms with Crippen LogP contribution in [-0.2, 0) is 0 Å². The van der Waals surface area contributed by atoms with Gasteiger partial charge in [0.2, 0.25) is 0 Å². The predicted octanol–water partition coefficient (Wildman–Crippen LogP) is 4.82. The second kappa shape index (κ2) is 4.18. The van der Waals surface area contributed by atoms with E-state index in [0.29, 0.717) is 0 Å². The summed E-state index contributed by atoms with van der Waals surface area (Å²) in [5.41, 5.74) is 2.12. The number of halogens is 2. The van der Waals surface area contributed by atoms with Gasteiger partial charge in [-0.3, -0.25) is 0 Å². The molecule has 1 heterocycles. The molecule has 15 heavy (non-hydrogen) atoms. The minimum atomic E-state index is 0.763. The lowest BCUT2D eigenvalue weighted by Gasteiger charge is -2.03. The van der Waals surface area contributed by atoms with Crippen LogP contribution >= 0.6 is 34.2 Å². The van der Waals surface area contributed by atoms with E-state index in [-0.39, 0.29) is 0 Å². The zero-order valence-electron chi connectivity index (χ0n) is 8.47. The molecular weight excluding hydrogens is 322 g/mol. The third kappa shape index (κ3) is 2.21. The van der Waals surface area contributed by atoms with Crippen molar-refractivity contribution in [1.29, 1.82) is 0 Å². The number of hydrogen-bond donors (Lipinski definition) is 0. The summed E-state index contributed by atoms with van der Waals surface area (Å²) in [7, 11) is 0. The van der Waals surface area contributed by atoms with E-state index >= 15 is 0 Å². The highest BCUT2D eigenvalue weighted by atomic mass is 127. The van der Waals surface area contributed by atoms with Gasteiger partial charge in [-0.2, -0.15) is 0 Å². The van der Waals surface area contributed by atoms with Crippen molar-refractivity contribution in [2.75, 3.05) is 0 Å². The second-order valence-corrected chi connectivity index (χ2v) is 5.10. The van der Waals surface area contributed by atoms with Crippen LogP contribution in [0.4, 0.5) is 0 Å². The fourth-order valence-electron chi connectivity index (χ4n) is 1.60. The van der Waals surface area contributed by atoms with Gasteiger partial charge >= 0.3 is 0 Å². The molecule has 78 valence electrons. The lowest BCUT2D eigenvalue weighted by molar-refractivity contribution is 0.505. The van der Waals surface area contributed by atoms with Gasteiger partial charge in [0.1, 0.15) is 11.5 Å². The predicted molar refractivity (Wildman–Crippen MR) is 71.3 cm³/mol. The quantitative estimate of drug-likeness (QED) is 0.682. The van der Waals surface area contributed by atoms with Gasteiger partial charge in [0.05, 0.1) is 0 Å². The number of benzene rings is 1. The molecule has 2 rings (SSSR count). The summed E-state index contributed by atoms with van der Waals surface area (Å²) in [4.78, 5) is 0. The number of aryl methyl sites for hydroxylation is 2. The smallest absolute Gasteiger partial charge is 0.108 e. The van der Waals surface area contributed by atoms with Gasteiger partial charge in [-0.25, -0.2) is 0 Å². The van der Waals surface area contributed by atoms with Crippen LogP contribution in [0.5, 0.6) is 0 Å². The van der Waals surface area contributed by atoms with Crippen molar-refractivity contribution in [3.8, 4) is 11.1 Å². The van der Waals surface area contributed by atoms with Crippen LogP contribution in [-0.4, -0.2) is 0 Å². The first-order chi connectivity index (χ1) is 7.08. The van der Waals surface area contributed by atoms with Gasteiger partial charge in [0.15, 0.2) is 0 Å². The Bertz CT molecular complexity index is 502. The molecule has 0 amide bonds. The maximum Gasteiger partial charge on any atom is 0.108 e. The number of rotatable bonds is 1. The molecule has 0 saturated carbocycles. The zero-order valence-corrected chi connectivity index (χ0v) is 11.4. The van der Waals surface area contributed by atoms with Gasteiger partial charge < -0.3 is 4.42 Å². The molecule has 0 fully saturated rings. The summed E-state index contributed by atoms with van der Waals surface area (Å²) in [6, 6.07) is 8.00. The number of hydrogen-bond acceptors (Lipinski definition) is 1. The molecule has 3 heteroatoms. The maximum absolute atomic E-state index is 6.17. The van der Waals surface area contributed by atoms with Crippen molar-refractivity contribution in [2.45, 2.75) is 13.8 Å². The molecule has 0 atom stereocenters. The van der Waals surface area contributed by atoms with Gasteiger partial charge in [-0.05, 0) is 60.7 Å². The Morgan fingerprint density at radius 2 is 1.87 bits per heavy atom. The summed E-state index contributed by atoms with van der Waals surface area (Å²) in [5, 5.41) is 0.763. The van der Waals surface area contributed by atoms with E-state index in [1.54, 1.807) is 0 Å². The first-order valence-corrected chi connectivity index (χ1v) is 6.06. The largest absolute Gasteiger partial charge is 0.466 e.